The van der Waals surface area contributed by atoms with E-state index < -0.39 is 59.1 Å². The maximum absolute atomic E-state index is 12.5. The molecule has 3 rings (SSSR count). The van der Waals surface area contributed by atoms with Crippen LogP contribution in [0.2, 0.25) is 0 Å². The number of aliphatic hydroxyl groups excluding tert-OH is 1. The number of benzene rings is 1. The zero-order valence-corrected chi connectivity index (χ0v) is 21.5. The van der Waals surface area contributed by atoms with Crippen LogP contribution in [0.25, 0.3) is 0 Å². The highest BCUT2D eigenvalue weighted by atomic mass is 31.3. The summed E-state index contributed by atoms with van der Waals surface area (Å²) in [6.45, 7) is -0.909. The predicted octanol–water partition coefficient (Wildman–Crippen LogP) is 0.755. The number of nitro groups is 1. The van der Waals surface area contributed by atoms with E-state index in [0.29, 0.717) is 5.56 Å². The minimum atomic E-state index is -5.71. The van der Waals surface area contributed by atoms with Gasteiger partial charge in [-0.25, -0.2) is 18.5 Å². The standard InChI is InChI=1S/C16H21N4O15P3/c21-12-7-15(33-13(12)9-32-37(28,29)35-38(30,31)34-36(25,26)27)19-6-5-14(18-16(19)22)17-8-10-3-1-2-4-11(10)20(23)24/h1-6,12-13,15,21H,7-9H2,(H,28,29)(H,30,31)(H,17,18,22)(H2,25,26,27)/t12?,13-,15-/m1/s1. The number of para-hydroxylation sites is 1. The number of aromatic nitrogens is 2. The summed E-state index contributed by atoms with van der Waals surface area (Å²) in [6.07, 6.45) is -2.73. The molecule has 22 heteroatoms. The van der Waals surface area contributed by atoms with Gasteiger partial charge in [0.15, 0.2) is 0 Å². The second-order valence-electron chi connectivity index (χ2n) is 7.56. The number of aliphatic hydroxyl groups is 1. The Hall–Kier alpha value is -2.37. The van der Waals surface area contributed by atoms with E-state index in [1.165, 1.54) is 30.5 Å². The van der Waals surface area contributed by atoms with Crippen molar-refractivity contribution in [2.75, 3.05) is 11.9 Å². The number of nitrogens with one attached hydrogen (secondary N) is 1. The normalized spacial score (nSPS) is 22.9. The van der Waals surface area contributed by atoms with Crippen LogP contribution in [0, 0.1) is 10.1 Å². The van der Waals surface area contributed by atoms with Gasteiger partial charge in [0.25, 0.3) is 5.69 Å². The van der Waals surface area contributed by atoms with Crippen molar-refractivity contribution in [3.05, 3.63) is 62.7 Å². The minimum absolute atomic E-state index is 0.00504. The molecule has 0 bridgehead atoms. The Morgan fingerprint density at radius 1 is 1.13 bits per heavy atom. The minimum Gasteiger partial charge on any atom is -0.390 e. The van der Waals surface area contributed by atoms with Crippen molar-refractivity contribution in [2.45, 2.75) is 31.4 Å². The van der Waals surface area contributed by atoms with Crippen LogP contribution in [0.4, 0.5) is 11.5 Å². The van der Waals surface area contributed by atoms with Crippen LogP contribution in [0.1, 0.15) is 18.2 Å². The van der Waals surface area contributed by atoms with Crippen molar-refractivity contribution < 1.29 is 61.2 Å². The average molecular weight is 602 g/mol. The lowest BCUT2D eigenvalue weighted by atomic mass is 10.2. The van der Waals surface area contributed by atoms with Crippen molar-refractivity contribution in [1.82, 2.24) is 9.55 Å². The Morgan fingerprint density at radius 3 is 2.45 bits per heavy atom. The highest BCUT2D eigenvalue weighted by Crippen LogP contribution is 2.66. The van der Waals surface area contributed by atoms with Crippen molar-refractivity contribution >= 4 is 35.0 Å². The van der Waals surface area contributed by atoms with Crippen LogP contribution in [-0.4, -0.2) is 58.0 Å². The Bertz CT molecular complexity index is 1380. The number of hydrogen-bond acceptors (Lipinski definition) is 13. The van der Waals surface area contributed by atoms with Crippen LogP contribution in [0.5, 0.6) is 0 Å². The van der Waals surface area contributed by atoms with Crippen LogP contribution < -0.4 is 11.0 Å². The highest BCUT2D eigenvalue weighted by molar-refractivity contribution is 7.66. The summed E-state index contributed by atoms with van der Waals surface area (Å²) in [4.78, 5) is 62.6. The van der Waals surface area contributed by atoms with Gasteiger partial charge in [-0.2, -0.15) is 13.6 Å². The molecule has 0 amide bonds. The molecule has 1 aromatic carbocycles. The van der Waals surface area contributed by atoms with Gasteiger partial charge in [-0.05, 0) is 6.07 Å². The lowest BCUT2D eigenvalue weighted by Crippen LogP contribution is -2.28. The first-order valence-electron chi connectivity index (χ1n) is 10.2. The molecule has 1 aliphatic heterocycles. The first-order valence-corrected chi connectivity index (χ1v) is 14.7. The van der Waals surface area contributed by atoms with Gasteiger partial charge in [-0.1, -0.05) is 18.2 Å². The number of nitro benzene ring substituents is 1. The molecular weight excluding hydrogens is 581 g/mol. The van der Waals surface area contributed by atoms with Gasteiger partial charge in [0.05, 0.1) is 17.6 Å². The molecule has 19 nitrogen and oxygen atoms in total. The van der Waals surface area contributed by atoms with Crippen molar-refractivity contribution in [3.8, 4) is 0 Å². The van der Waals surface area contributed by atoms with Gasteiger partial charge in [-0.3, -0.25) is 19.2 Å². The third-order valence-corrected chi connectivity index (χ3v) is 8.61. The smallest absolute Gasteiger partial charge is 0.390 e. The maximum Gasteiger partial charge on any atom is 0.490 e. The van der Waals surface area contributed by atoms with E-state index in [1.54, 1.807) is 6.07 Å². The average Bonchev–Trinajstić information content (AvgIpc) is 3.14. The highest BCUT2D eigenvalue weighted by Gasteiger charge is 2.43. The molecule has 0 aliphatic carbocycles. The molecule has 0 radical (unpaired) electrons. The first kappa shape index (κ1) is 30.2. The third-order valence-electron chi connectivity index (χ3n) is 4.81. The molecule has 1 aromatic heterocycles. The fraction of sp³-hybridized carbons (Fsp3) is 0.375. The van der Waals surface area contributed by atoms with E-state index >= 15 is 0 Å². The molecule has 0 spiro atoms. The Labute approximate surface area is 212 Å². The fourth-order valence-electron chi connectivity index (χ4n) is 3.26. The topological polar surface area (TPSA) is 279 Å². The van der Waals surface area contributed by atoms with Gasteiger partial charge in [0, 0.05) is 30.8 Å². The lowest BCUT2D eigenvalue weighted by Gasteiger charge is -2.19. The van der Waals surface area contributed by atoms with E-state index in [0.717, 1.165) is 4.57 Å². The fourth-order valence-corrected chi connectivity index (χ4v) is 6.29. The summed E-state index contributed by atoms with van der Waals surface area (Å²) in [5, 5.41) is 24.1. The molecular formula is C16H21N4O15P3. The van der Waals surface area contributed by atoms with E-state index in [9.17, 15) is 38.6 Å². The van der Waals surface area contributed by atoms with Gasteiger partial charge in [0.1, 0.15) is 18.1 Å². The summed E-state index contributed by atoms with van der Waals surface area (Å²) in [5.74, 6) is 0.0900. The van der Waals surface area contributed by atoms with Crippen molar-refractivity contribution in [1.29, 1.82) is 0 Å². The van der Waals surface area contributed by atoms with Crippen LogP contribution >= 0.6 is 23.5 Å². The molecule has 6 N–H and O–H groups in total. The predicted molar refractivity (Wildman–Crippen MR) is 123 cm³/mol. The molecule has 3 unspecified atom stereocenters. The Kier molecular flexibility index (Phi) is 9.36. The SMILES string of the molecule is O=c1nc(NCc2ccccc2[N+](=O)[O-])ccn1[C@H]1CC(O)[C@@H](COP(=O)(O)OP(=O)(O)OP(=O)(O)O)O1. The number of hydrogen-bond donors (Lipinski definition) is 6. The Morgan fingerprint density at radius 2 is 1.82 bits per heavy atom. The number of rotatable bonds is 12. The molecule has 0 saturated carbocycles. The molecule has 1 saturated heterocycles. The van der Waals surface area contributed by atoms with E-state index in [4.69, 9.17) is 19.4 Å². The van der Waals surface area contributed by atoms with E-state index in [1.807, 2.05) is 0 Å². The van der Waals surface area contributed by atoms with Gasteiger partial charge >= 0.3 is 29.2 Å². The zero-order chi connectivity index (χ0) is 28.3. The number of anilines is 1. The van der Waals surface area contributed by atoms with E-state index in [-0.39, 0.29) is 24.5 Å². The molecule has 2 heterocycles. The molecule has 38 heavy (non-hydrogen) atoms. The molecule has 1 aliphatic rings. The summed E-state index contributed by atoms with van der Waals surface area (Å²) >= 11 is 0. The zero-order valence-electron chi connectivity index (χ0n) is 18.8. The third kappa shape index (κ3) is 8.57. The van der Waals surface area contributed by atoms with Crippen molar-refractivity contribution in [3.63, 3.8) is 0 Å². The largest absolute Gasteiger partial charge is 0.490 e. The van der Waals surface area contributed by atoms with Crippen LogP contribution in [0.3, 0.4) is 0 Å². The number of phosphoric acid groups is 3. The Balaban J connectivity index is 1.59. The first-order chi connectivity index (χ1) is 17.6. The summed E-state index contributed by atoms with van der Waals surface area (Å²) < 4.78 is 51.9. The molecule has 2 aromatic rings. The van der Waals surface area contributed by atoms with Crippen LogP contribution in [0.15, 0.2) is 41.3 Å². The number of nitrogens with zero attached hydrogens (tertiary/aromatic N) is 3. The van der Waals surface area contributed by atoms with Gasteiger partial charge < -0.3 is 34.7 Å². The number of phosphoric ester groups is 1. The molecule has 5 atom stereocenters. The summed E-state index contributed by atoms with van der Waals surface area (Å²) in [6, 6.07) is 7.34. The van der Waals surface area contributed by atoms with E-state index in [2.05, 4.69) is 23.4 Å². The number of ether oxygens (including phenoxy) is 1. The van der Waals surface area contributed by atoms with Crippen LogP contribution in [-0.2, 0) is 38.1 Å². The maximum atomic E-state index is 12.5. The molecule has 210 valence electrons. The van der Waals surface area contributed by atoms with Gasteiger partial charge in [-0.15, -0.1) is 0 Å². The van der Waals surface area contributed by atoms with Gasteiger partial charge in [0.2, 0.25) is 0 Å². The summed E-state index contributed by atoms with van der Waals surface area (Å²) in [5.41, 5.74) is -0.600. The summed E-state index contributed by atoms with van der Waals surface area (Å²) in [7, 11) is -16.7. The monoisotopic (exact) mass is 602 g/mol. The molecule has 1 fully saturated rings. The quantitative estimate of drug-likeness (QED) is 0.111. The second kappa shape index (κ2) is 11.8. The lowest BCUT2D eigenvalue weighted by molar-refractivity contribution is -0.385. The van der Waals surface area contributed by atoms with Crippen molar-refractivity contribution in [2.24, 2.45) is 0 Å². The second-order valence-corrected chi connectivity index (χ2v) is 12.0.